The summed E-state index contributed by atoms with van der Waals surface area (Å²) in [5.74, 6) is -0.238. The maximum Gasteiger partial charge on any atom is 0.129 e. The molecular weight excluding hydrogens is 313 g/mol. The normalized spacial score (nSPS) is 16.6. The lowest BCUT2D eigenvalue weighted by Gasteiger charge is -2.32. The molecule has 0 atom stereocenters. The van der Waals surface area contributed by atoms with Crippen molar-refractivity contribution < 1.29 is 4.39 Å². The van der Waals surface area contributed by atoms with Crippen LogP contribution in [0.15, 0.2) is 42.6 Å². The second kappa shape index (κ2) is 7.86. The lowest BCUT2D eigenvalue weighted by Crippen LogP contribution is -2.42. The van der Waals surface area contributed by atoms with E-state index < -0.39 is 0 Å². The Kier molecular flexibility index (Phi) is 5.60. The van der Waals surface area contributed by atoms with Crippen LogP contribution in [0.1, 0.15) is 24.1 Å². The largest absolute Gasteiger partial charge is 0.310 e. The Balaban J connectivity index is 1.44. The SMILES string of the molecule is Fc1cc(Cl)ccc1CNC1CCN(Cc2ccccn2)CC1. The summed E-state index contributed by atoms with van der Waals surface area (Å²) in [7, 11) is 0. The van der Waals surface area contributed by atoms with E-state index in [1.165, 1.54) is 6.07 Å². The Labute approximate surface area is 141 Å². The molecule has 1 aromatic carbocycles. The van der Waals surface area contributed by atoms with Crippen molar-refractivity contribution in [3.05, 3.63) is 64.7 Å². The third kappa shape index (κ3) is 4.74. The van der Waals surface area contributed by atoms with Gasteiger partial charge in [-0.1, -0.05) is 23.7 Å². The summed E-state index contributed by atoms with van der Waals surface area (Å²) in [4.78, 5) is 6.79. The van der Waals surface area contributed by atoms with Crippen LogP contribution in [0.25, 0.3) is 0 Å². The van der Waals surface area contributed by atoms with Crippen molar-refractivity contribution in [2.24, 2.45) is 0 Å². The van der Waals surface area contributed by atoms with Crippen molar-refractivity contribution in [2.75, 3.05) is 13.1 Å². The van der Waals surface area contributed by atoms with E-state index in [-0.39, 0.29) is 5.82 Å². The molecule has 0 aliphatic carbocycles. The lowest BCUT2D eigenvalue weighted by atomic mass is 10.0. The van der Waals surface area contributed by atoms with Gasteiger partial charge in [-0.3, -0.25) is 9.88 Å². The number of hydrogen-bond acceptors (Lipinski definition) is 3. The highest BCUT2D eigenvalue weighted by Crippen LogP contribution is 2.16. The predicted molar refractivity (Wildman–Crippen MR) is 90.8 cm³/mol. The van der Waals surface area contributed by atoms with E-state index in [2.05, 4.69) is 21.3 Å². The van der Waals surface area contributed by atoms with E-state index in [0.29, 0.717) is 23.2 Å². The average Bonchev–Trinajstić information content (AvgIpc) is 2.56. The third-order valence-corrected chi connectivity index (χ3v) is 4.53. The molecule has 1 fully saturated rings. The van der Waals surface area contributed by atoms with Gasteiger partial charge in [-0.2, -0.15) is 0 Å². The van der Waals surface area contributed by atoms with Crippen LogP contribution in [0.5, 0.6) is 0 Å². The maximum atomic E-state index is 13.8. The van der Waals surface area contributed by atoms with E-state index in [4.69, 9.17) is 11.6 Å². The molecule has 0 unspecified atom stereocenters. The van der Waals surface area contributed by atoms with Gasteiger partial charge >= 0.3 is 0 Å². The second-order valence-electron chi connectivity index (χ2n) is 5.99. The van der Waals surface area contributed by atoms with Gasteiger partial charge in [0.2, 0.25) is 0 Å². The van der Waals surface area contributed by atoms with E-state index in [0.717, 1.165) is 38.2 Å². The standard InChI is InChI=1S/C18H21ClFN3/c19-15-5-4-14(18(20)11-15)12-22-16-6-9-23(10-7-16)13-17-3-1-2-8-21-17/h1-5,8,11,16,22H,6-7,9-10,12-13H2. The van der Waals surface area contributed by atoms with Crippen LogP contribution >= 0.6 is 11.6 Å². The second-order valence-corrected chi connectivity index (χ2v) is 6.42. The summed E-state index contributed by atoms with van der Waals surface area (Å²) < 4.78 is 13.8. The van der Waals surface area contributed by atoms with Crippen LogP contribution in [0.3, 0.4) is 0 Å². The van der Waals surface area contributed by atoms with Gasteiger partial charge in [0.15, 0.2) is 0 Å². The minimum atomic E-state index is -0.238. The van der Waals surface area contributed by atoms with E-state index in [9.17, 15) is 4.39 Å². The Morgan fingerprint density at radius 1 is 1.22 bits per heavy atom. The van der Waals surface area contributed by atoms with Crippen molar-refractivity contribution in [1.82, 2.24) is 15.2 Å². The molecule has 0 radical (unpaired) electrons. The van der Waals surface area contributed by atoms with E-state index in [1.54, 1.807) is 12.1 Å². The van der Waals surface area contributed by atoms with Gasteiger partial charge in [0, 0.05) is 49.0 Å². The molecule has 0 amide bonds. The Morgan fingerprint density at radius 3 is 2.74 bits per heavy atom. The first-order valence-corrected chi connectivity index (χ1v) is 8.38. The van der Waals surface area contributed by atoms with Crippen LogP contribution in [0.2, 0.25) is 5.02 Å². The molecule has 122 valence electrons. The molecule has 1 saturated heterocycles. The first-order valence-electron chi connectivity index (χ1n) is 8.00. The fourth-order valence-electron chi connectivity index (χ4n) is 2.94. The molecule has 2 heterocycles. The Bertz CT molecular complexity index is 627. The lowest BCUT2D eigenvalue weighted by molar-refractivity contribution is 0.188. The summed E-state index contributed by atoms with van der Waals surface area (Å²) in [5.41, 5.74) is 1.78. The first-order chi connectivity index (χ1) is 11.2. The minimum Gasteiger partial charge on any atom is -0.310 e. The van der Waals surface area contributed by atoms with Gasteiger partial charge in [-0.25, -0.2) is 4.39 Å². The van der Waals surface area contributed by atoms with Gasteiger partial charge in [0.25, 0.3) is 0 Å². The van der Waals surface area contributed by atoms with Crippen molar-refractivity contribution in [2.45, 2.75) is 32.0 Å². The molecule has 2 aromatic rings. The van der Waals surface area contributed by atoms with Crippen LogP contribution < -0.4 is 5.32 Å². The number of piperidine rings is 1. The number of aromatic nitrogens is 1. The van der Waals surface area contributed by atoms with Crippen molar-refractivity contribution in [1.29, 1.82) is 0 Å². The van der Waals surface area contributed by atoms with Crippen molar-refractivity contribution in [3.8, 4) is 0 Å². The average molecular weight is 334 g/mol. The van der Waals surface area contributed by atoms with Crippen molar-refractivity contribution in [3.63, 3.8) is 0 Å². The minimum absolute atomic E-state index is 0.238. The van der Waals surface area contributed by atoms with Crippen LogP contribution in [0, 0.1) is 5.82 Å². The Hall–Kier alpha value is -1.49. The number of halogens is 2. The fourth-order valence-corrected chi connectivity index (χ4v) is 3.09. The zero-order chi connectivity index (χ0) is 16.1. The Morgan fingerprint density at radius 2 is 2.04 bits per heavy atom. The molecule has 1 N–H and O–H groups in total. The highest BCUT2D eigenvalue weighted by molar-refractivity contribution is 6.30. The quantitative estimate of drug-likeness (QED) is 0.905. The highest BCUT2D eigenvalue weighted by Gasteiger charge is 2.19. The maximum absolute atomic E-state index is 13.8. The van der Waals surface area contributed by atoms with E-state index >= 15 is 0 Å². The van der Waals surface area contributed by atoms with Gasteiger partial charge in [-0.05, 0) is 37.1 Å². The van der Waals surface area contributed by atoms with Gasteiger partial charge in [-0.15, -0.1) is 0 Å². The molecule has 1 aliphatic rings. The monoisotopic (exact) mass is 333 g/mol. The molecule has 0 spiro atoms. The topological polar surface area (TPSA) is 28.2 Å². The van der Waals surface area contributed by atoms with Crippen LogP contribution in [0.4, 0.5) is 4.39 Å². The smallest absolute Gasteiger partial charge is 0.129 e. The first kappa shape index (κ1) is 16.4. The molecule has 3 rings (SSSR count). The molecule has 23 heavy (non-hydrogen) atoms. The number of nitrogens with one attached hydrogen (secondary N) is 1. The van der Waals surface area contributed by atoms with Gasteiger partial charge < -0.3 is 5.32 Å². The van der Waals surface area contributed by atoms with Gasteiger partial charge in [0.1, 0.15) is 5.82 Å². The molecule has 0 bridgehead atoms. The zero-order valence-electron chi connectivity index (χ0n) is 13.0. The molecule has 5 heteroatoms. The molecule has 1 aromatic heterocycles. The summed E-state index contributed by atoms with van der Waals surface area (Å²) >= 11 is 5.78. The van der Waals surface area contributed by atoms with Crippen LogP contribution in [-0.2, 0) is 13.1 Å². The predicted octanol–water partition coefficient (Wildman–Crippen LogP) is 3.63. The molecule has 1 aliphatic heterocycles. The number of hydrogen-bond donors (Lipinski definition) is 1. The molecule has 3 nitrogen and oxygen atoms in total. The van der Waals surface area contributed by atoms with Crippen LogP contribution in [-0.4, -0.2) is 29.0 Å². The molecular formula is C18H21ClFN3. The molecule has 0 saturated carbocycles. The number of likely N-dealkylation sites (tertiary alicyclic amines) is 1. The fraction of sp³-hybridized carbons (Fsp3) is 0.389. The van der Waals surface area contributed by atoms with Crippen molar-refractivity contribution >= 4 is 11.6 Å². The zero-order valence-corrected chi connectivity index (χ0v) is 13.8. The summed E-state index contributed by atoms with van der Waals surface area (Å²) in [6.07, 6.45) is 3.98. The summed E-state index contributed by atoms with van der Waals surface area (Å²) in [5, 5.41) is 3.90. The summed E-state index contributed by atoms with van der Waals surface area (Å²) in [6, 6.07) is 11.3. The number of rotatable bonds is 5. The van der Waals surface area contributed by atoms with Gasteiger partial charge in [0.05, 0.1) is 5.69 Å². The summed E-state index contributed by atoms with van der Waals surface area (Å²) in [6.45, 7) is 3.53. The number of pyridine rings is 1. The van der Waals surface area contributed by atoms with E-state index in [1.807, 2.05) is 18.3 Å². The highest BCUT2D eigenvalue weighted by atomic mass is 35.5. The number of nitrogens with zero attached hydrogens (tertiary/aromatic N) is 2. The number of benzene rings is 1. The third-order valence-electron chi connectivity index (χ3n) is 4.30.